The van der Waals surface area contributed by atoms with Crippen molar-refractivity contribution in [2.75, 3.05) is 31.6 Å². The van der Waals surface area contributed by atoms with Gasteiger partial charge in [-0.15, -0.1) is 0 Å². The number of fused-ring (bicyclic) bond motifs is 1. The van der Waals surface area contributed by atoms with E-state index in [4.69, 9.17) is 15.9 Å². The number of amidine groups is 1. The van der Waals surface area contributed by atoms with Crippen molar-refractivity contribution in [3.63, 3.8) is 0 Å². The van der Waals surface area contributed by atoms with Crippen LogP contribution in [0, 0.1) is 5.41 Å². The molecule has 2 aliphatic rings. The van der Waals surface area contributed by atoms with Crippen LogP contribution in [0.25, 0.3) is 0 Å². The molecule has 0 saturated carbocycles. The first-order valence-corrected chi connectivity index (χ1v) is 7.63. The summed E-state index contributed by atoms with van der Waals surface area (Å²) in [6.07, 6.45) is 2.56. The Hall–Kier alpha value is -1.75. The van der Waals surface area contributed by atoms with Crippen molar-refractivity contribution in [3.8, 4) is 5.75 Å². The topological polar surface area (TPSA) is 65.6 Å². The maximum Gasteiger partial charge on any atom is 0.124 e. The second-order valence-corrected chi connectivity index (χ2v) is 6.09. The van der Waals surface area contributed by atoms with Crippen molar-refractivity contribution in [2.24, 2.45) is 5.73 Å². The molecule has 2 atom stereocenters. The Morgan fingerprint density at radius 1 is 1.38 bits per heavy atom. The SMILES string of the molecule is COc1ccc(C(=N)N)c(N2CC3CCCN3CC2C)c1. The Kier molecular flexibility index (Phi) is 3.76. The Balaban J connectivity index is 1.95. The molecule has 0 spiro atoms. The summed E-state index contributed by atoms with van der Waals surface area (Å²) in [6, 6.07) is 6.83. The molecule has 114 valence electrons. The highest BCUT2D eigenvalue weighted by molar-refractivity contribution is 6.00. The van der Waals surface area contributed by atoms with Gasteiger partial charge in [0.1, 0.15) is 11.6 Å². The van der Waals surface area contributed by atoms with Crippen molar-refractivity contribution >= 4 is 11.5 Å². The molecule has 1 aromatic rings. The van der Waals surface area contributed by atoms with Crippen molar-refractivity contribution in [1.82, 2.24) is 4.90 Å². The third kappa shape index (κ3) is 2.58. The minimum Gasteiger partial charge on any atom is -0.497 e. The van der Waals surface area contributed by atoms with Gasteiger partial charge in [0, 0.05) is 36.8 Å². The first-order chi connectivity index (χ1) is 10.1. The van der Waals surface area contributed by atoms with Crippen LogP contribution in [0.2, 0.25) is 0 Å². The lowest BCUT2D eigenvalue weighted by molar-refractivity contribution is 0.203. The molecular weight excluding hydrogens is 264 g/mol. The van der Waals surface area contributed by atoms with E-state index in [1.807, 2.05) is 18.2 Å². The molecule has 2 saturated heterocycles. The molecule has 5 heteroatoms. The highest BCUT2D eigenvalue weighted by Crippen LogP contribution is 2.32. The Morgan fingerprint density at radius 2 is 2.19 bits per heavy atom. The molecule has 0 radical (unpaired) electrons. The summed E-state index contributed by atoms with van der Waals surface area (Å²) in [4.78, 5) is 4.99. The van der Waals surface area contributed by atoms with Gasteiger partial charge in [-0.05, 0) is 38.4 Å². The zero-order valence-corrected chi connectivity index (χ0v) is 12.8. The zero-order chi connectivity index (χ0) is 15.0. The van der Waals surface area contributed by atoms with Gasteiger partial charge in [-0.2, -0.15) is 0 Å². The Bertz CT molecular complexity index is 545. The second-order valence-electron chi connectivity index (χ2n) is 6.09. The normalized spacial score (nSPS) is 25.7. The van der Waals surface area contributed by atoms with E-state index < -0.39 is 0 Å². The second kappa shape index (κ2) is 5.56. The van der Waals surface area contributed by atoms with Crippen LogP contribution < -0.4 is 15.4 Å². The van der Waals surface area contributed by atoms with Gasteiger partial charge in [-0.1, -0.05) is 0 Å². The summed E-state index contributed by atoms with van der Waals surface area (Å²) in [6.45, 7) is 5.56. The summed E-state index contributed by atoms with van der Waals surface area (Å²) in [5, 5.41) is 7.84. The van der Waals surface area contributed by atoms with Crippen molar-refractivity contribution in [1.29, 1.82) is 5.41 Å². The van der Waals surface area contributed by atoms with Crippen LogP contribution in [0.1, 0.15) is 25.3 Å². The Labute approximate surface area is 126 Å². The smallest absolute Gasteiger partial charge is 0.124 e. The number of piperazine rings is 1. The maximum atomic E-state index is 7.84. The molecule has 1 aromatic carbocycles. The van der Waals surface area contributed by atoms with E-state index in [2.05, 4.69) is 16.7 Å². The molecule has 5 nitrogen and oxygen atoms in total. The molecule has 21 heavy (non-hydrogen) atoms. The number of anilines is 1. The summed E-state index contributed by atoms with van der Waals surface area (Å²) in [5.41, 5.74) is 7.60. The largest absolute Gasteiger partial charge is 0.497 e. The lowest BCUT2D eigenvalue weighted by Gasteiger charge is -2.44. The van der Waals surface area contributed by atoms with Crippen molar-refractivity contribution in [2.45, 2.75) is 31.8 Å². The summed E-state index contributed by atoms with van der Waals surface area (Å²) < 4.78 is 5.35. The quantitative estimate of drug-likeness (QED) is 0.656. The van der Waals surface area contributed by atoms with Crippen LogP contribution >= 0.6 is 0 Å². The minimum atomic E-state index is 0.119. The summed E-state index contributed by atoms with van der Waals surface area (Å²) in [5.74, 6) is 0.935. The molecule has 0 aliphatic carbocycles. The van der Waals surface area contributed by atoms with E-state index in [0.29, 0.717) is 12.1 Å². The number of hydrogen-bond acceptors (Lipinski definition) is 4. The number of nitrogens with zero attached hydrogens (tertiary/aromatic N) is 2. The van der Waals surface area contributed by atoms with E-state index in [1.165, 1.54) is 19.4 Å². The van der Waals surface area contributed by atoms with Gasteiger partial charge >= 0.3 is 0 Å². The van der Waals surface area contributed by atoms with E-state index in [0.717, 1.165) is 30.1 Å². The van der Waals surface area contributed by atoms with Crippen LogP contribution in [-0.2, 0) is 0 Å². The van der Waals surface area contributed by atoms with Crippen LogP contribution in [0.15, 0.2) is 18.2 Å². The number of ether oxygens (including phenoxy) is 1. The predicted octanol–water partition coefficient (Wildman–Crippen LogP) is 1.65. The van der Waals surface area contributed by atoms with Gasteiger partial charge in [0.15, 0.2) is 0 Å². The van der Waals surface area contributed by atoms with Gasteiger partial charge in [-0.25, -0.2) is 0 Å². The van der Waals surface area contributed by atoms with Crippen molar-refractivity contribution < 1.29 is 4.74 Å². The molecule has 2 heterocycles. The molecule has 2 unspecified atom stereocenters. The molecule has 2 aliphatic heterocycles. The fraction of sp³-hybridized carbons (Fsp3) is 0.562. The highest BCUT2D eigenvalue weighted by atomic mass is 16.5. The Morgan fingerprint density at radius 3 is 2.90 bits per heavy atom. The fourth-order valence-electron chi connectivity index (χ4n) is 3.63. The fourth-order valence-corrected chi connectivity index (χ4v) is 3.63. The summed E-state index contributed by atoms with van der Waals surface area (Å²) >= 11 is 0. The molecule has 0 bridgehead atoms. The number of nitrogens with two attached hydrogens (primary N) is 1. The van der Waals surface area contributed by atoms with Crippen LogP contribution in [0.4, 0.5) is 5.69 Å². The van der Waals surface area contributed by atoms with E-state index >= 15 is 0 Å². The van der Waals surface area contributed by atoms with Crippen molar-refractivity contribution in [3.05, 3.63) is 23.8 Å². The maximum absolute atomic E-state index is 7.84. The first kappa shape index (κ1) is 14.2. The average Bonchev–Trinajstić information content (AvgIpc) is 2.92. The van der Waals surface area contributed by atoms with E-state index in [1.54, 1.807) is 7.11 Å². The molecule has 0 amide bonds. The molecule has 3 N–H and O–H groups in total. The lowest BCUT2D eigenvalue weighted by Crippen LogP contribution is -2.55. The van der Waals surface area contributed by atoms with Gasteiger partial charge < -0.3 is 15.4 Å². The number of hydrogen-bond donors (Lipinski definition) is 2. The number of nitrogens with one attached hydrogen (secondary N) is 1. The molecule has 0 aromatic heterocycles. The van der Waals surface area contributed by atoms with Crippen LogP contribution in [0.3, 0.4) is 0 Å². The van der Waals surface area contributed by atoms with Gasteiger partial charge in [0.05, 0.1) is 12.8 Å². The zero-order valence-electron chi connectivity index (χ0n) is 12.8. The van der Waals surface area contributed by atoms with E-state index in [-0.39, 0.29) is 5.84 Å². The number of benzene rings is 1. The first-order valence-electron chi connectivity index (χ1n) is 7.63. The summed E-state index contributed by atoms with van der Waals surface area (Å²) in [7, 11) is 1.67. The minimum absolute atomic E-state index is 0.119. The predicted molar refractivity (Wildman–Crippen MR) is 85.4 cm³/mol. The third-order valence-corrected chi connectivity index (χ3v) is 4.74. The molecular formula is C16H24N4O. The van der Waals surface area contributed by atoms with Crippen LogP contribution in [-0.4, -0.2) is 49.6 Å². The van der Waals surface area contributed by atoms with Crippen LogP contribution in [0.5, 0.6) is 5.75 Å². The third-order valence-electron chi connectivity index (χ3n) is 4.74. The number of nitrogen functional groups attached to an aromatic ring is 1. The average molecular weight is 288 g/mol. The molecule has 3 rings (SSSR count). The molecule has 2 fully saturated rings. The van der Waals surface area contributed by atoms with E-state index in [9.17, 15) is 0 Å². The highest BCUT2D eigenvalue weighted by Gasteiger charge is 2.35. The lowest BCUT2D eigenvalue weighted by atomic mass is 10.0. The number of rotatable bonds is 3. The standard InChI is InChI=1S/C16H24N4O/c1-11-9-19-7-3-4-12(19)10-20(11)15-8-13(21-2)5-6-14(15)16(17)18/h5-6,8,11-12H,3-4,7,9-10H2,1-2H3,(H3,17,18). The number of methoxy groups -OCH3 is 1. The monoisotopic (exact) mass is 288 g/mol. The van der Waals surface area contributed by atoms with Gasteiger partial charge in [0.2, 0.25) is 0 Å². The van der Waals surface area contributed by atoms with Gasteiger partial charge in [0.25, 0.3) is 0 Å². The van der Waals surface area contributed by atoms with Gasteiger partial charge in [-0.3, -0.25) is 10.3 Å².